The Kier molecular flexibility index (Phi) is 10.1. The summed E-state index contributed by atoms with van der Waals surface area (Å²) in [5.41, 5.74) is 1.25. The van der Waals surface area contributed by atoms with Gasteiger partial charge in [-0.05, 0) is 42.7 Å². The number of nitrogens with two attached hydrogens (primary N) is 1. The summed E-state index contributed by atoms with van der Waals surface area (Å²) in [7, 11) is -2.60. The van der Waals surface area contributed by atoms with Crippen LogP contribution in [0.25, 0.3) is 10.9 Å². The molecule has 1 aliphatic heterocycles. The summed E-state index contributed by atoms with van der Waals surface area (Å²) in [5.74, 6) is 5.76. The Morgan fingerprint density at radius 2 is 1.98 bits per heavy atom. The van der Waals surface area contributed by atoms with Gasteiger partial charge in [0.2, 0.25) is 10.0 Å². The largest absolute Gasteiger partial charge is 0.495 e. The first-order valence-electron chi connectivity index (χ1n) is 13.3. The Labute approximate surface area is 246 Å². The van der Waals surface area contributed by atoms with E-state index in [-0.39, 0.29) is 41.5 Å². The minimum atomic E-state index is -4.53. The topological polar surface area (TPSA) is 142 Å². The number of anilines is 2. The summed E-state index contributed by atoms with van der Waals surface area (Å²) < 4.78 is 85.2. The van der Waals surface area contributed by atoms with Gasteiger partial charge in [0, 0.05) is 36.8 Å². The van der Waals surface area contributed by atoms with Crippen LogP contribution in [0.15, 0.2) is 47.4 Å². The maximum atomic E-state index is 15.0. The van der Waals surface area contributed by atoms with Gasteiger partial charge in [-0.25, -0.2) is 17.9 Å². The highest BCUT2D eigenvalue weighted by atomic mass is 32.2. The molecule has 0 spiro atoms. The third-order valence-electron chi connectivity index (χ3n) is 7.01. The van der Waals surface area contributed by atoms with E-state index in [0.717, 1.165) is 4.57 Å². The molecule has 43 heavy (non-hydrogen) atoms. The van der Waals surface area contributed by atoms with Gasteiger partial charge < -0.3 is 30.2 Å². The van der Waals surface area contributed by atoms with Crippen molar-refractivity contribution in [3.05, 3.63) is 48.2 Å². The molecule has 3 atom stereocenters. The zero-order chi connectivity index (χ0) is 31.4. The molecule has 1 fully saturated rings. The van der Waals surface area contributed by atoms with E-state index in [1.165, 1.54) is 31.4 Å². The van der Waals surface area contributed by atoms with Crippen LogP contribution in [0.3, 0.4) is 0 Å². The molecule has 0 aliphatic carbocycles. The lowest BCUT2D eigenvalue weighted by Crippen LogP contribution is -2.50. The highest BCUT2D eigenvalue weighted by Gasteiger charge is 2.32. The number of sulfonamides is 1. The number of halogens is 4. The van der Waals surface area contributed by atoms with Crippen molar-refractivity contribution in [1.29, 1.82) is 0 Å². The molecule has 1 saturated heterocycles. The Morgan fingerprint density at radius 3 is 2.63 bits per heavy atom. The van der Waals surface area contributed by atoms with Crippen molar-refractivity contribution in [3.8, 4) is 17.6 Å². The summed E-state index contributed by atoms with van der Waals surface area (Å²) >= 11 is 0. The van der Waals surface area contributed by atoms with Crippen LogP contribution in [0.2, 0.25) is 0 Å². The second kappa shape index (κ2) is 13.4. The van der Waals surface area contributed by atoms with Crippen molar-refractivity contribution < 1.29 is 40.9 Å². The lowest BCUT2D eigenvalue weighted by molar-refractivity contribution is -0.140. The third kappa shape index (κ3) is 8.30. The number of nitrogens with one attached hydrogen (secondary N) is 2. The van der Waals surface area contributed by atoms with E-state index in [9.17, 15) is 26.7 Å². The number of nitrogens with zero attached hydrogens (tertiary/aromatic N) is 2. The fraction of sp³-hybridized carbons (Fsp3) is 0.429. The van der Waals surface area contributed by atoms with E-state index in [4.69, 9.17) is 15.0 Å². The fourth-order valence-corrected chi connectivity index (χ4v) is 5.51. The first kappa shape index (κ1) is 32.4. The van der Waals surface area contributed by atoms with Crippen LogP contribution in [0.4, 0.5) is 28.9 Å². The number of aliphatic hydroxyl groups excluding tert-OH is 2. The van der Waals surface area contributed by atoms with Crippen molar-refractivity contribution >= 4 is 32.3 Å². The lowest BCUT2D eigenvalue weighted by Gasteiger charge is -2.36. The predicted molar refractivity (Wildman–Crippen MR) is 154 cm³/mol. The molecule has 15 heteroatoms. The highest BCUT2D eigenvalue weighted by Crippen LogP contribution is 2.32. The standard InChI is InChI=1S/C28H33F4N5O5S/c1-42-27-13-20(43(33,40)41)7-8-25(27)34-10-3-4-18-12-21-23(5-2-6-26(21)37(18)17-28(30,31)32)35-24-9-11-36(15-22(24)29)14-19(39)16-38/h2,5-8,12-13,19,22,24,34-35,38-39H,9-11,14-17H2,1H3,(H2,33,40,41)/t19-,22-,24+/m1/s1. The molecule has 2 heterocycles. The van der Waals surface area contributed by atoms with E-state index >= 15 is 4.39 Å². The fourth-order valence-electron chi connectivity index (χ4n) is 4.98. The first-order valence-corrected chi connectivity index (χ1v) is 14.9. The number of ether oxygens (including phenoxy) is 1. The van der Waals surface area contributed by atoms with Crippen LogP contribution < -0.4 is 20.5 Å². The van der Waals surface area contributed by atoms with Crippen LogP contribution in [0.5, 0.6) is 5.75 Å². The smallest absolute Gasteiger partial charge is 0.406 e. The number of β-amino-alcohol motifs (C(OH)–C–C–N with tert-alkyl or cyclic N) is 1. The average molecular weight is 628 g/mol. The minimum absolute atomic E-state index is 0.00316. The van der Waals surface area contributed by atoms with Crippen molar-refractivity contribution in [2.75, 3.05) is 50.5 Å². The van der Waals surface area contributed by atoms with Crippen LogP contribution in [0, 0.1) is 11.8 Å². The number of hydrogen-bond donors (Lipinski definition) is 5. The Morgan fingerprint density at radius 1 is 1.21 bits per heavy atom. The molecule has 4 rings (SSSR count). The normalized spacial score (nSPS) is 18.6. The second-order valence-electron chi connectivity index (χ2n) is 10.2. The number of likely N-dealkylation sites (tertiary alicyclic amines) is 1. The Balaban J connectivity index is 1.56. The number of alkyl halides is 4. The van der Waals surface area contributed by atoms with Crippen LogP contribution in [-0.4, -0.2) is 92.5 Å². The molecule has 6 N–H and O–H groups in total. The number of benzene rings is 2. The van der Waals surface area contributed by atoms with Crippen molar-refractivity contribution in [2.45, 2.75) is 42.4 Å². The molecular formula is C28H33F4N5O5S. The molecule has 0 unspecified atom stereocenters. The zero-order valence-corrected chi connectivity index (χ0v) is 24.1. The molecule has 3 aromatic rings. The van der Waals surface area contributed by atoms with E-state index in [0.29, 0.717) is 29.7 Å². The molecule has 2 aromatic carbocycles. The van der Waals surface area contributed by atoms with Gasteiger partial charge in [-0.2, -0.15) is 13.2 Å². The molecule has 234 valence electrons. The third-order valence-corrected chi connectivity index (χ3v) is 7.93. The number of fused-ring (bicyclic) bond motifs is 1. The quantitative estimate of drug-likeness (QED) is 0.171. The van der Waals surface area contributed by atoms with Crippen LogP contribution in [-0.2, 0) is 16.6 Å². The zero-order valence-electron chi connectivity index (χ0n) is 23.2. The monoisotopic (exact) mass is 627 g/mol. The number of methoxy groups -OCH3 is 1. The van der Waals surface area contributed by atoms with Gasteiger partial charge in [0.25, 0.3) is 0 Å². The number of primary sulfonamides is 1. The maximum absolute atomic E-state index is 15.0. The van der Waals surface area contributed by atoms with E-state index in [2.05, 4.69) is 22.5 Å². The maximum Gasteiger partial charge on any atom is 0.406 e. The summed E-state index contributed by atoms with van der Waals surface area (Å²) in [4.78, 5) is 1.57. The molecule has 0 bridgehead atoms. The van der Waals surface area contributed by atoms with E-state index < -0.39 is 47.7 Å². The van der Waals surface area contributed by atoms with Crippen molar-refractivity contribution in [3.63, 3.8) is 0 Å². The second-order valence-corrected chi connectivity index (χ2v) is 11.7. The lowest BCUT2D eigenvalue weighted by atomic mass is 10.0. The number of aliphatic hydroxyl groups is 2. The average Bonchev–Trinajstić information content (AvgIpc) is 3.28. The molecule has 1 aromatic heterocycles. The van der Waals surface area contributed by atoms with E-state index in [1.54, 1.807) is 23.1 Å². The Hall–Kier alpha value is -3.55. The number of aromatic nitrogens is 1. The molecule has 1 aliphatic rings. The number of hydrogen-bond acceptors (Lipinski definition) is 8. The van der Waals surface area contributed by atoms with Gasteiger partial charge >= 0.3 is 6.18 Å². The van der Waals surface area contributed by atoms with Crippen molar-refractivity contribution in [2.24, 2.45) is 5.14 Å². The van der Waals surface area contributed by atoms with Crippen LogP contribution >= 0.6 is 0 Å². The summed E-state index contributed by atoms with van der Waals surface area (Å²) in [6.45, 7) is -1.05. The number of rotatable bonds is 10. The van der Waals surface area contributed by atoms with Gasteiger partial charge in [0.15, 0.2) is 0 Å². The van der Waals surface area contributed by atoms with E-state index in [1.807, 2.05) is 0 Å². The van der Waals surface area contributed by atoms with Crippen LogP contribution in [0.1, 0.15) is 12.1 Å². The van der Waals surface area contributed by atoms with Crippen molar-refractivity contribution in [1.82, 2.24) is 9.47 Å². The van der Waals surface area contributed by atoms with Gasteiger partial charge in [-0.1, -0.05) is 12.0 Å². The summed E-state index contributed by atoms with van der Waals surface area (Å²) in [6.07, 6.45) is -6.42. The molecule has 0 radical (unpaired) electrons. The molecule has 0 saturated carbocycles. The molecule has 0 amide bonds. The Bertz CT molecular complexity index is 1600. The highest BCUT2D eigenvalue weighted by molar-refractivity contribution is 7.89. The van der Waals surface area contributed by atoms with Gasteiger partial charge in [-0.3, -0.25) is 4.90 Å². The summed E-state index contributed by atoms with van der Waals surface area (Å²) in [5, 5.41) is 30.4. The molecule has 10 nitrogen and oxygen atoms in total. The number of piperidine rings is 1. The van der Waals surface area contributed by atoms with Gasteiger partial charge in [0.05, 0.1) is 54.2 Å². The first-order chi connectivity index (χ1) is 20.3. The van der Waals surface area contributed by atoms with Gasteiger partial charge in [0.1, 0.15) is 18.5 Å². The summed E-state index contributed by atoms with van der Waals surface area (Å²) in [6, 6.07) is 9.69. The minimum Gasteiger partial charge on any atom is -0.495 e. The van der Waals surface area contributed by atoms with Gasteiger partial charge in [-0.15, -0.1) is 0 Å². The molecular weight excluding hydrogens is 594 g/mol. The predicted octanol–water partition coefficient (Wildman–Crippen LogP) is 2.50. The SMILES string of the molecule is COc1cc(S(N)(=O)=O)ccc1NCC#Cc1cc2c(N[C@H]3CCN(C[C@@H](O)CO)C[C@H]3F)cccc2n1CC(F)(F)F.